The molecule has 0 bridgehead atoms. The highest BCUT2D eigenvalue weighted by Crippen LogP contribution is 2.55. The largest absolute Gasteiger partial charge is 0.480 e. The van der Waals surface area contributed by atoms with Crippen molar-refractivity contribution in [2.45, 2.75) is 58.1 Å². The number of carboxylic acids is 1. The molecule has 0 aromatic carbocycles. The molecule has 2 N–H and O–H groups in total. The van der Waals surface area contributed by atoms with Crippen LogP contribution in [0.5, 0.6) is 0 Å². The maximum atomic E-state index is 11.6. The zero-order valence-corrected chi connectivity index (χ0v) is 11.8. The molecule has 3 atom stereocenters. The van der Waals surface area contributed by atoms with Crippen LogP contribution >= 0.6 is 0 Å². The van der Waals surface area contributed by atoms with E-state index in [1.54, 1.807) is 20.8 Å². The Labute approximate surface area is 113 Å². The molecule has 2 rings (SSSR count). The first kappa shape index (κ1) is 14.2. The van der Waals surface area contributed by atoms with Gasteiger partial charge in [0.25, 0.3) is 0 Å². The molecule has 2 saturated carbocycles. The lowest BCUT2D eigenvalue weighted by Crippen LogP contribution is -2.44. The number of carbonyl (C=O) groups is 2. The second-order valence-corrected chi connectivity index (χ2v) is 6.87. The van der Waals surface area contributed by atoms with Gasteiger partial charge in [0.2, 0.25) is 0 Å². The van der Waals surface area contributed by atoms with Crippen LogP contribution in [0.2, 0.25) is 0 Å². The fraction of sp³-hybridized carbons (Fsp3) is 0.857. The van der Waals surface area contributed by atoms with Gasteiger partial charge in [0.05, 0.1) is 0 Å². The number of nitrogens with one attached hydrogen (secondary N) is 1. The molecule has 0 radical (unpaired) electrons. The second-order valence-electron chi connectivity index (χ2n) is 6.87. The van der Waals surface area contributed by atoms with E-state index in [2.05, 4.69) is 5.32 Å². The Kier molecular flexibility index (Phi) is 3.74. The van der Waals surface area contributed by atoms with E-state index in [1.165, 1.54) is 6.42 Å². The number of aliphatic carboxylic acids is 1. The molecular weight excluding hydrogens is 246 g/mol. The van der Waals surface area contributed by atoms with E-state index in [0.717, 1.165) is 24.7 Å². The van der Waals surface area contributed by atoms with E-state index < -0.39 is 23.7 Å². The summed E-state index contributed by atoms with van der Waals surface area (Å²) in [4.78, 5) is 22.8. The highest BCUT2D eigenvalue weighted by atomic mass is 16.6. The van der Waals surface area contributed by atoms with Crippen LogP contribution in [0.1, 0.15) is 46.5 Å². The van der Waals surface area contributed by atoms with Crippen LogP contribution in [0.3, 0.4) is 0 Å². The van der Waals surface area contributed by atoms with Gasteiger partial charge in [-0.05, 0) is 64.2 Å². The third kappa shape index (κ3) is 4.11. The molecule has 0 aliphatic heterocycles. The summed E-state index contributed by atoms with van der Waals surface area (Å²) in [6.45, 7) is 5.27. The van der Waals surface area contributed by atoms with E-state index in [-0.39, 0.29) is 0 Å². The van der Waals surface area contributed by atoms with Gasteiger partial charge in [-0.15, -0.1) is 0 Å². The van der Waals surface area contributed by atoms with Crippen molar-refractivity contribution >= 4 is 12.1 Å². The van der Waals surface area contributed by atoms with Crippen molar-refractivity contribution in [2.24, 2.45) is 17.8 Å². The van der Waals surface area contributed by atoms with E-state index in [1.807, 2.05) is 0 Å². The zero-order chi connectivity index (χ0) is 14.2. The summed E-state index contributed by atoms with van der Waals surface area (Å²) in [5.74, 6) is 1.09. The molecule has 2 aliphatic rings. The lowest BCUT2D eigenvalue weighted by Gasteiger charge is -2.23. The summed E-state index contributed by atoms with van der Waals surface area (Å²) in [5, 5.41) is 11.7. The molecule has 2 aliphatic carbocycles. The first-order valence-corrected chi connectivity index (χ1v) is 6.97. The first-order chi connectivity index (χ1) is 8.74. The van der Waals surface area contributed by atoms with Crippen molar-refractivity contribution < 1.29 is 19.4 Å². The summed E-state index contributed by atoms with van der Waals surface area (Å²) < 4.78 is 5.10. The Balaban J connectivity index is 1.82. The maximum Gasteiger partial charge on any atom is 0.408 e. The lowest BCUT2D eigenvalue weighted by molar-refractivity contribution is -0.140. The predicted molar refractivity (Wildman–Crippen MR) is 69.7 cm³/mol. The molecule has 5 heteroatoms. The fourth-order valence-electron chi connectivity index (χ4n) is 3.04. The van der Waals surface area contributed by atoms with Crippen molar-refractivity contribution in [1.29, 1.82) is 0 Å². The lowest BCUT2D eigenvalue weighted by atomic mass is 9.95. The zero-order valence-electron chi connectivity index (χ0n) is 11.8. The summed E-state index contributed by atoms with van der Waals surface area (Å²) in [6.07, 6.45) is 3.41. The molecule has 0 aromatic rings. The summed E-state index contributed by atoms with van der Waals surface area (Å²) >= 11 is 0. The van der Waals surface area contributed by atoms with Crippen molar-refractivity contribution in [3.05, 3.63) is 0 Å². The number of carbonyl (C=O) groups excluding carboxylic acids is 1. The molecule has 0 spiro atoms. The van der Waals surface area contributed by atoms with E-state index >= 15 is 0 Å². The molecular formula is C14H23NO4. The first-order valence-electron chi connectivity index (χ1n) is 6.97. The van der Waals surface area contributed by atoms with E-state index in [9.17, 15) is 14.7 Å². The number of amides is 1. The number of ether oxygens (including phenoxy) is 1. The number of hydrogen-bond acceptors (Lipinski definition) is 3. The smallest absolute Gasteiger partial charge is 0.408 e. The quantitative estimate of drug-likeness (QED) is 0.821. The molecule has 3 unspecified atom stereocenters. The Morgan fingerprint density at radius 1 is 1.26 bits per heavy atom. The van der Waals surface area contributed by atoms with Crippen LogP contribution in [0.15, 0.2) is 0 Å². The minimum absolute atomic E-state index is 0.430. The molecule has 0 heterocycles. The molecule has 0 saturated heterocycles. The molecule has 1 amide bonds. The topological polar surface area (TPSA) is 75.6 Å². The standard InChI is InChI=1S/C14H23NO4/c1-14(2,3)19-13(18)15-11(12(16)17)6-8-4-9-7-10(9)5-8/h8-11H,4-7H2,1-3H3,(H,15,18)(H,16,17). The maximum absolute atomic E-state index is 11.6. The van der Waals surface area contributed by atoms with E-state index in [4.69, 9.17) is 4.74 Å². The van der Waals surface area contributed by atoms with Crippen molar-refractivity contribution in [3.8, 4) is 0 Å². The van der Waals surface area contributed by atoms with Gasteiger partial charge < -0.3 is 15.2 Å². The van der Waals surface area contributed by atoms with Gasteiger partial charge in [0.1, 0.15) is 11.6 Å². The van der Waals surface area contributed by atoms with Crippen LogP contribution in [0.4, 0.5) is 4.79 Å². The Morgan fingerprint density at radius 3 is 2.32 bits per heavy atom. The summed E-state index contributed by atoms with van der Waals surface area (Å²) in [7, 11) is 0. The fourth-order valence-corrected chi connectivity index (χ4v) is 3.04. The minimum Gasteiger partial charge on any atom is -0.480 e. The van der Waals surface area contributed by atoms with Crippen LogP contribution in [0, 0.1) is 17.8 Å². The van der Waals surface area contributed by atoms with Gasteiger partial charge in [0, 0.05) is 0 Å². The Morgan fingerprint density at radius 2 is 1.84 bits per heavy atom. The summed E-state index contributed by atoms with van der Waals surface area (Å²) in [6, 6.07) is -0.836. The monoisotopic (exact) mass is 269 g/mol. The number of carboxylic acid groups (broad SMARTS) is 1. The highest BCUT2D eigenvalue weighted by Gasteiger charge is 2.46. The van der Waals surface area contributed by atoms with Crippen molar-refractivity contribution in [3.63, 3.8) is 0 Å². The molecule has 19 heavy (non-hydrogen) atoms. The van der Waals surface area contributed by atoms with Crippen molar-refractivity contribution in [1.82, 2.24) is 5.32 Å². The molecule has 5 nitrogen and oxygen atoms in total. The Bertz CT molecular complexity index is 364. The van der Waals surface area contributed by atoms with Crippen LogP contribution in [-0.4, -0.2) is 28.8 Å². The number of fused-ring (bicyclic) bond motifs is 1. The van der Waals surface area contributed by atoms with E-state index in [0.29, 0.717) is 12.3 Å². The normalized spacial score (nSPS) is 30.4. The van der Waals surface area contributed by atoms with Gasteiger partial charge in [-0.3, -0.25) is 0 Å². The van der Waals surface area contributed by atoms with Crippen molar-refractivity contribution in [2.75, 3.05) is 0 Å². The average molecular weight is 269 g/mol. The van der Waals surface area contributed by atoms with Crippen LogP contribution in [-0.2, 0) is 9.53 Å². The van der Waals surface area contributed by atoms with Gasteiger partial charge in [-0.1, -0.05) is 0 Å². The number of alkyl carbamates (subject to hydrolysis) is 1. The van der Waals surface area contributed by atoms with Gasteiger partial charge >= 0.3 is 12.1 Å². The minimum atomic E-state index is -0.980. The van der Waals surface area contributed by atoms with Gasteiger partial charge in [0.15, 0.2) is 0 Å². The van der Waals surface area contributed by atoms with Gasteiger partial charge in [-0.25, -0.2) is 9.59 Å². The Hall–Kier alpha value is -1.26. The number of hydrogen-bond donors (Lipinski definition) is 2. The molecule has 2 fully saturated rings. The van der Waals surface area contributed by atoms with Crippen LogP contribution in [0.25, 0.3) is 0 Å². The third-order valence-corrected chi connectivity index (χ3v) is 3.90. The second kappa shape index (κ2) is 5.02. The number of rotatable bonds is 4. The summed E-state index contributed by atoms with van der Waals surface area (Å²) in [5.41, 5.74) is -0.609. The predicted octanol–water partition coefficient (Wildman–Crippen LogP) is 2.40. The molecule has 0 aromatic heterocycles. The average Bonchev–Trinajstić information content (AvgIpc) is 2.82. The third-order valence-electron chi connectivity index (χ3n) is 3.90. The highest BCUT2D eigenvalue weighted by molar-refractivity contribution is 5.80. The van der Waals surface area contributed by atoms with Gasteiger partial charge in [-0.2, -0.15) is 0 Å². The van der Waals surface area contributed by atoms with Crippen LogP contribution < -0.4 is 5.32 Å². The molecule has 108 valence electrons. The SMILES string of the molecule is CC(C)(C)OC(=O)NC(CC1CC2CC2C1)C(=O)O.